The molecule has 19 heavy (non-hydrogen) atoms. The van der Waals surface area contributed by atoms with Gasteiger partial charge >= 0.3 is 0 Å². The number of rotatable bonds is 2. The molecular formula is C14H19N3O2. The van der Waals surface area contributed by atoms with E-state index >= 15 is 0 Å². The molecule has 102 valence electrons. The van der Waals surface area contributed by atoms with Crippen LogP contribution < -0.4 is 10.2 Å². The van der Waals surface area contributed by atoms with Crippen molar-refractivity contribution in [2.45, 2.75) is 31.9 Å². The van der Waals surface area contributed by atoms with Crippen molar-refractivity contribution in [2.75, 3.05) is 18.0 Å². The Labute approximate surface area is 112 Å². The SMILES string of the molecule is O=C1CCC2CN(c3ccc(CO)cn3)CCC2N1. The van der Waals surface area contributed by atoms with Gasteiger partial charge in [-0.3, -0.25) is 4.79 Å². The molecule has 1 aromatic rings. The smallest absolute Gasteiger partial charge is 0.220 e. The van der Waals surface area contributed by atoms with E-state index in [0.717, 1.165) is 37.3 Å². The quantitative estimate of drug-likeness (QED) is 0.821. The van der Waals surface area contributed by atoms with Gasteiger partial charge in [-0.15, -0.1) is 0 Å². The van der Waals surface area contributed by atoms with Crippen molar-refractivity contribution >= 4 is 11.7 Å². The highest BCUT2D eigenvalue weighted by Gasteiger charge is 2.33. The number of carbonyl (C=O) groups is 1. The molecule has 0 spiro atoms. The maximum Gasteiger partial charge on any atom is 0.220 e. The minimum Gasteiger partial charge on any atom is -0.392 e. The summed E-state index contributed by atoms with van der Waals surface area (Å²) in [4.78, 5) is 18.1. The molecule has 2 aliphatic heterocycles. The van der Waals surface area contributed by atoms with Crippen LogP contribution in [0.4, 0.5) is 5.82 Å². The van der Waals surface area contributed by atoms with Crippen LogP contribution in [0.15, 0.2) is 18.3 Å². The highest BCUT2D eigenvalue weighted by molar-refractivity contribution is 5.77. The van der Waals surface area contributed by atoms with Gasteiger partial charge in [-0.2, -0.15) is 0 Å². The molecule has 5 heteroatoms. The lowest BCUT2D eigenvalue weighted by atomic mass is 9.85. The fourth-order valence-electron chi connectivity index (χ4n) is 3.02. The van der Waals surface area contributed by atoms with Crippen LogP contribution in [0.1, 0.15) is 24.8 Å². The number of carbonyl (C=O) groups excluding carboxylic acids is 1. The van der Waals surface area contributed by atoms with Gasteiger partial charge in [0.2, 0.25) is 5.91 Å². The Morgan fingerprint density at radius 3 is 3.05 bits per heavy atom. The molecule has 1 amide bonds. The topological polar surface area (TPSA) is 65.5 Å². The molecule has 2 unspecified atom stereocenters. The summed E-state index contributed by atoms with van der Waals surface area (Å²) in [6.45, 7) is 1.91. The molecular weight excluding hydrogens is 242 g/mol. The lowest BCUT2D eigenvalue weighted by Crippen LogP contribution is -2.54. The number of nitrogens with zero attached hydrogens (tertiary/aromatic N) is 2. The standard InChI is InChI=1S/C14H19N3O2/c18-9-10-1-3-13(15-7-10)17-6-5-12-11(8-17)2-4-14(19)16-12/h1,3,7,11-12,18H,2,4-6,8-9H2,(H,16,19). The average Bonchev–Trinajstić information content (AvgIpc) is 2.47. The Morgan fingerprint density at radius 1 is 1.42 bits per heavy atom. The van der Waals surface area contributed by atoms with Gasteiger partial charge < -0.3 is 15.3 Å². The summed E-state index contributed by atoms with van der Waals surface area (Å²) >= 11 is 0. The van der Waals surface area contributed by atoms with Crippen LogP contribution in [0.3, 0.4) is 0 Å². The number of fused-ring (bicyclic) bond motifs is 1. The molecule has 2 saturated heterocycles. The second-order valence-electron chi connectivity index (χ2n) is 5.39. The summed E-state index contributed by atoms with van der Waals surface area (Å²) in [6, 6.07) is 4.22. The van der Waals surface area contributed by atoms with Crippen LogP contribution in [0.2, 0.25) is 0 Å². The number of hydrogen-bond donors (Lipinski definition) is 2. The van der Waals surface area contributed by atoms with Gasteiger partial charge in [-0.05, 0) is 30.4 Å². The Hall–Kier alpha value is -1.62. The van der Waals surface area contributed by atoms with Gasteiger partial charge in [0, 0.05) is 31.7 Å². The maximum absolute atomic E-state index is 11.4. The molecule has 1 aromatic heterocycles. The van der Waals surface area contributed by atoms with Gasteiger partial charge in [0.05, 0.1) is 6.61 Å². The minimum atomic E-state index is 0.0318. The van der Waals surface area contributed by atoms with Gasteiger partial charge in [-0.1, -0.05) is 6.07 Å². The van der Waals surface area contributed by atoms with Gasteiger partial charge in [-0.25, -0.2) is 4.98 Å². The summed E-state index contributed by atoms with van der Waals surface area (Å²) < 4.78 is 0. The zero-order chi connectivity index (χ0) is 13.2. The van der Waals surface area contributed by atoms with Crippen molar-refractivity contribution in [1.29, 1.82) is 0 Å². The number of nitrogens with one attached hydrogen (secondary N) is 1. The zero-order valence-corrected chi connectivity index (χ0v) is 10.9. The molecule has 2 fully saturated rings. The van der Waals surface area contributed by atoms with Crippen LogP contribution in [0.25, 0.3) is 0 Å². The molecule has 5 nitrogen and oxygen atoms in total. The van der Waals surface area contributed by atoms with Crippen molar-refractivity contribution in [3.63, 3.8) is 0 Å². The first-order valence-electron chi connectivity index (χ1n) is 6.86. The third-order valence-corrected chi connectivity index (χ3v) is 4.14. The first-order valence-corrected chi connectivity index (χ1v) is 6.86. The van der Waals surface area contributed by atoms with E-state index < -0.39 is 0 Å². The zero-order valence-electron chi connectivity index (χ0n) is 10.9. The molecule has 2 atom stereocenters. The molecule has 0 radical (unpaired) electrons. The molecule has 3 rings (SSSR count). The summed E-state index contributed by atoms with van der Waals surface area (Å²) in [5, 5.41) is 12.1. The van der Waals surface area contributed by atoms with Crippen molar-refractivity contribution in [1.82, 2.24) is 10.3 Å². The van der Waals surface area contributed by atoms with E-state index in [1.54, 1.807) is 6.20 Å². The number of aromatic nitrogens is 1. The third kappa shape index (κ3) is 2.56. The number of anilines is 1. The first kappa shape index (κ1) is 12.4. The minimum absolute atomic E-state index is 0.0318. The first-order chi connectivity index (χ1) is 9.26. The van der Waals surface area contributed by atoms with Crippen molar-refractivity contribution in [3.8, 4) is 0 Å². The van der Waals surface area contributed by atoms with E-state index in [2.05, 4.69) is 15.2 Å². The van der Waals surface area contributed by atoms with Crippen LogP contribution >= 0.6 is 0 Å². The van der Waals surface area contributed by atoms with Crippen molar-refractivity contribution in [2.24, 2.45) is 5.92 Å². The number of piperidine rings is 2. The maximum atomic E-state index is 11.4. The number of aliphatic hydroxyl groups excluding tert-OH is 1. The normalized spacial score (nSPS) is 26.8. The van der Waals surface area contributed by atoms with E-state index in [1.165, 1.54) is 0 Å². The Kier molecular flexibility index (Phi) is 3.38. The Morgan fingerprint density at radius 2 is 2.32 bits per heavy atom. The summed E-state index contributed by atoms with van der Waals surface area (Å²) in [5.41, 5.74) is 0.837. The van der Waals surface area contributed by atoms with Gasteiger partial charge in [0.25, 0.3) is 0 Å². The van der Waals surface area contributed by atoms with E-state index in [9.17, 15) is 4.79 Å². The fourth-order valence-corrected chi connectivity index (χ4v) is 3.02. The second kappa shape index (κ2) is 5.17. The summed E-state index contributed by atoms with van der Waals surface area (Å²) in [5.74, 6) is 1.69. The van der Waals surface area contributed by atoms with Crippen LogP contribution in [-0.4, -0.2) is 35.1 Å². The molecule has 0 saturated carbocycles. The van der Waals surface area contributed by atoms with Gasteiger partial charge in [0.15, 0.2) is 0 Å². The molecule has 3 heterocycles. The Bertz CT molecular complexity index is 460. The molecule has 0 aromatic carbocycles. The molecule has 0 aliphatic carbocycles. The van der Waals surface area contributed by atoms with E-state index in [-0.39, 0.29) is 12.5 Å². The number of hydrogen-bond acceptors (Lipinski definition) is 4. The van der Waals surface area contributed by atoms with Gasteiger partial charge in [0.1, 0.15) is 5.82 Å². The Balaban J connectivity index is 1.68. The summed E-state index contributed by atoms with van der Waals surface area (Å²) in [7, 11) is 0. The molecule has 0 bridgehead atoms. The molecule has 2 N–H and O–H groups in total. The van der Waals surface area contributed by atoms with Crippen LogP contribution in [0.5, 0.6) is 0 Å². The highest BCUT2D eigenvalue weighted by Crippen LogP contribution is 2.27. The number of amides is 1. The van der Waals surface area contributed by atoms with E-state index in [1.807, 2.05) is 12.1 Å². The second-order valence-corrected chi connectivity index (χ2v) is 5.39. The largest absolute Gasteiger partial charge is 0.392 e. The predicted molar refractivity (Wildman–Crippen MR) is 71.6 cm³/mol. The average molecular weight is 261 g/mol. The van der Waals surface area contributed by atoms with Crippen LogP contribution in [-0.2, 0) is 11.4 Å². The lowest BCUT2D eigenvalue weighted by molar-refractivity contribution is -0.124. The predicted octanol–water partition coefficient (Wildman–Crippen LogP) is 0.679. The van der Waals surface area contributed by atoms with Crippen molar-refractivity contribution in [3.05, 3.63) is 23.9 Å². The van der Waals surface area contributed by atoms with E-state index in [0.29, 0.717) is 18.4 Å². The molecule has 2 aliphatic rings. The lowest BCUT2D eigenvalue weighted by Gasteiger charge is -2.41. The van der Waals surface area contributed by atoms with Crippen molar-refractivity contribution < 1.29 is 9.90 Å². The van der Waals surface area contributed by atoms with Crippen LogP contribution in [0, 0.1) is 5.92 Å². The summed E-state index contributed by atoms with van der Waals surface area (Å²) in [6.07, 6.45) is 4.33. The number of pyridine rings is 1. The third-order valence-electron chi connectivity index (χ3n) is 4.14. The van der Waals surface area contributed by atoms with E-state index in [4.69, 9.17) is 5.11 Å². The fraction of sp³-hybridized carbons (Fsp3) is 0.571. The highest BCUT2D eigenvalue weighted by atomic mass is 16.3. The number of aliphatic hydroxyl groups is 1. The monoisotopic (exact) mass is 261 g/mol.